The van der Waals surface area contributed by atoms with Crippen LogP contribution in [0.3, 0.4) is 0 Å². The third-order valence-corrected chi connectivity index (χ3v) is 6.52. The molecule has 2 heterocycles. The van der Waals surface area contributed by atoms with E-state index in [1.165, 1.54) is 24.3 Å². The molecule has 2 aliphatic rings. The van der Waals surface area contributed by atoms with Gasteiger partial charge in [0.1, 0.15) is 0 Å². The first-order chi connectivity index (χ1) is 12.4. The van der Waals surface area contributed by atoms with Crippen molar-refractivity contribution in [3.63, 3.8) is 0 Å². The van der Waals surface area contributed by atoms with Gasteiger partial charge in [0, 0.05) is 24.0 Å². The molecule has 1 atom stereocenters. The monoisotopic (exact) mass is 402 g/mol. The number of likely N-dealkylation sites (tertiary alicyclic amines) is 1. The van der Waals surface area contributed by atoms with Crippen molar-refractivity contribution >= 4 is 27.5 Å². The third-order valence-electron chi connectivity index (χ3n) is 4.71. The number of ether oxygens (including phenoxy) is 2. The number of sulfonamides is 1. The van der Waals surface area contributed by atoms with Crippen LogP contribution in [0.15, 0.2) is 29.2 Å². The molecule has 3 rings (SSSR count). The van der Waals surface area contributed by atoms with Gasteiger partial charge >= 0.3 is 0 Å². The van der Waals surface area contributed by atoms with E-state index in [0.717, 1.165) is 12.8 Å². The maximum atomic E-state index is 12.6. The number of carbonyl (C=O) groups excluding carboxylic acids is 1. The summed E-state index contributed by atoms with van der Waals surface area (Å²) in [4.78, 5) is 14.4. The summed E-state index contributed by atoms with van der Waals surface area (Å²) < 4.78 is 38.3. The molecule has 0 spiro atoms. The molecule has 2 fully saturated rings. The van der Waals surface area contributed by atoms with Crippen LogP contribution in [0.25, 0.3) is 0 Å². The fraction of sp³-hybridized carbons (Fsp3) is 0.588. The van der Waals surface area contributed by atoms with Crippen LogP contribution in [0.1, 0.15) is 19.8 Å². The molecule has 1 aromatic carbocycles. The average molecular weight is 403 g/mol. The Labute approximate surface area is 158 Å². The molecule has 1 N–H and O–H groups in total. The van der Waals surface area contributed by atoms with Crippen molar-refractivity contribution in [3.8, 4) is 0 Å². The number of hydrogen-bond donors (Lipinski definition) is 1. The van der Waals surface area contributed by atoms with Crippen LogP contribution in [0, 0.1) is 5.92 Å². The minimum Gasteiger partial charge on any atom is -0.350 e. The van der Waals surface area contributed by atoms with Crippen molar-refractivity contribution in [2.75, 3.05) is 26.3 Å². The number of nitrogens with zero attached hydrogens (tertiary/aromatic N) is 1. The number of piperidine rings is 1. The van der Waals surface area contributed by atoms with Crippen molar-refractivity contribution < 1.29 is 22.7 Å². The molecule has 144 valence electrons. The van der Waals surface area contributed by atoms with E-state index in [2.05, 4.69) is 4.72 Å². The van der Waals surface area contributed by atoms with Gasteiger partial charge in [0.05, 0.1) is 24.2 Å². The Bertz CT molecular complexity index is 726. The fourth-order valence-corrected chi connectivity index (χ4v) is 4.60. The van der Waals surface area contributed by atoms with Gasteiger partial charge in [-0.05, 0) is 44.0 Å². The first-order valence-corrected chi connectivity index (χ1v) is 10.5. The minimum absolute atomic E-state index is 0.0794. The average Bonchev–Trinajstić information content (AvgIpc) is 3.16. The van der Waals surface area contributed by atoms with Crippen LogP contribution >= 0.6 is 11.6 Å². The fourth-order valence-electron chi connectivity index (χ4n) is 3.28. The summed E-state index contributed by atoms with van der Waals surface area (Å²) in [5.74, 6) is 0.0527. The van der Waals surface area contributed by atoms with Crippen LogP contribution in [-0.4, -0.2) is 57.9 Å². The molecule has 7 nitrogen and oxygen atoms in total. The maximum Gasteiger partial charge on any atom is 0.241 e. The summed E-state index contributed by atoms with van der Waals surface area (Å²) in [6.07, 6.45) is 1.40. The van der Waals surface area contributed by atoms with Crippen molar-refractivity contribution in [2.24, 2.45) is 5.92 Å². The number of carbonyl (C=O) groups is 1. The van der Waals surface area contributed by atoms with E-state index >= 15 is 0 Å². The lowest BCUT2D eigenvalue weighted by atomic mass is 9.96. The summed E-state index contributed by atoms with van der Waals surface area (Å²) in [5.41, 5.74) is 0. The van der Waals surface area contributed by atoms with Gasteiger partial charge in [-0.2, -0.15) is 4.72 Å². The molecular weight excluding hydrogens is 380 g/mol. The molecule has 0 aliphatic carbocycles. The van der Waals surface area contributed by atoms with Gasteiger partial charge in [-0.25, -0.2) is 8.42 Å². The number of amides is 1. The predicted octanol–water partition coefficient (Wildman–Crippen LogP) is 1.62. The predicted molar refractivity (Wildman–Crippen MR) is 96.2 cm³/mol. The van der Waals surface area contributed by atoms with Crippen LogP contribution in [0.5, 0.6) is 0 Å². The quantitative estimate of drug-likeness (QED) is 0.808. The molecule has 0 aromatic heterocycles. The second kappa shape index (κ2) is 8.22. The first kappa shape index (κ1) is 19.6. The highest BCUT2D eigenvalue weighted by molar-refractivity contribution is 7.89. The van der Waals surface area contributed by atoms with Gasteiger partial charge in [0.2, 0.25) is 15.9 Å². The highest BCUT2D eigenvalue weighted by Crippen LogP contribution is 2.26. The smallest absolute Gasteiger partial charge is 0.241 e. The zero-order valence-corrected chi connectivity index (χ0v) is 16.1. The zero-order valence-electron chi connectivity index (χ0n) is 14.6. The summed E-state index contributed by atoms with van der Waals surface area (Å²) in [7, 11) is -3.78. The SMILES string of the molecule is C[C@H](NS(=O)(=O)c1ccc(Cl)cc1)C(=O)N1CCC(C2OCCO2)CC1. The summed E-state index contributed by atoms with van der Waals surface area (Å²) in [6.45, 7) is 3.94. The number of rotatable bonds is 5. The Morgan fingerprint density at radius 2 is 1.77 bits per heavy atom. The normalized spacial score (nSPS) is 21.1. The van der Waals surface area contributed by atoms with Gasteiger partial charge in [0.15, 0.2) is 6.29 Å². The molecular formula is C17H23ClN2O5S. The molecule has 0 unspecified atom stereocenters. The minimum atomic E-state index is -3.78. The van der Waals surface area contributed by atoms with Crippen molar-refractivity contribution in [1.29, 1.82) is 0 Å². The van der Waals surface area contributed by atoms with E-state index in [9.17, 15) is 13.2 Å². The molecule has 0 bridgehead atoms. The topological polar surface area (TPSA) is 84.9 Å². The van der Waals surface area contributed by atoms with Crippen LogP contribution < -0.4 is 4.72 Å². The Kier molecular flexibility index (Phi) is 6.19. The lowest BCUT2D eigenvalue weighted by Gasteiger charge is -2.35. The van der Waals surface area contributed by atoms with E-state index in [0.29, 0.717) is 31.3 Å². The molecule has 1 amide bonds. The van der Waals surface area contributed by atoms with E-state index in [1.54, 1.807) is 11.8 Å². The highest BCUT2D eigenvalue weighted by Gasteiger charge is 2.33. The van der Waals surface area contributed by atoms with E-state index in [4.69, 9.17) is 21.1 Å². The lowest BCUT2D eigenvalue weighted by Crippen LogP contribution is -2.50. The molecule has 9 heteroatoms. The number of benzene rings is 1. The van der Waals surface area contributed by atoms with Crippen molar-refractivity contribution in [2.45, 2.75) is 37.0 Å². The summed E-state index contributed by atoms with van der Waals surface area (Å²) in [6, 6.07) is 4.98. The van der Waals surface area contributed by atoms with E-state index < -0.39 is 16.1 Å². The first-order valence-electron chi connectivity index (χ1n) is 8.67. The van der Waals surface area contributed by atoms with Crippen molar-refractivity contribution in [1.82, 2.24) is 9.62 Å². The van der Waals surface area contributed by atoms with Crippen LogP contribution in [0.2, 0.25) is 5.02 Å². The molecule has 2 aliphatic heterocycles. The largest absolute Gasteiger partial charge is 0.350 e. The Hall–Kier alpha value is -1.19. The van der Waals surface area contributed by atoms with Crippen LogP contribution in [0.4, 0.5) is 0 Å². The standard InChI is InChI=1S/C17H23ClN2O5S/c1-12(19-26(22,23)15-4-2-14(18)3-5-15)16(21)20-8-6-13(7-9-20)17-24-10-11-25-17/h2-5,12-13,17,19H,6-11H2,1H3/t12-/m0/s1. The highest BCUT2D eigenvalue weighted by atomic mass is 35.5. The molecule has 2 saturated heterocycles. The Morgan fingerprint density at radius 1 is 1.19 bits per heavy atom. The number of halogens is 1. The number of hydrogen-bond acceptors (Lipinski definition) is 5. The Balaban J connectivity index is 1.55. The van der Waals surface area contributed by atoms with E-state index in [-0.39, 0.29) is 23.0 Å². The second-order valence-electron chi connectivity index (χ2n) is 6.57. The summed E-state index contributed by atoms with van der Waals surface area (Å²) in [5, 5.41) is 0.450. The maximum absolute atomic E-state index is 12.6. The summed E-state index contributed by atoms with van der Waals surface area (Å²) >= 11 is 5.78. The molecule has 1 aromatic rings. The van der Waals surface area contributed by atoms with Gasteiger partial charge < -0.3 is 14.4 Å². The van der Waals surface area contributed by atoms with Gasteiger partial charge in [0.25, 0.3) is 0 Å². The Morgan fingerprint density at radius 3 is 2.35 bits per heavy atom. The number of nitrogens with one attached hydrogen (secondary N) is 1. The zero-order chi connectivity index (χ0) is 18.7. The van der Waals surface area contributed by atoms with Crippen molar-refractivity contribution in [3.05, 3.63) is 29.3 Å². The molecule has 0 saturated carbocycles. The molecule has 26 heavy (non-hydrogen) atoms. The third kappa shape index (κ3) is 4.55. The van der Waals surface area contributed by atoms with Gasteiger partial charge in [-0.15, -0.1) is 0 Å². The lowest BCUT2D eigenvalue weighted by molar-refractivity contribution is -0.138. The molecule has 0 radical (unpaired) electrons. The van der Waals surface area contributed by atoms with Gasteiger partial charge in [-0.1, -0.05) is 11.6 Å². The second-order valence-corrected chi connectivity index (χ2v) is 8.72. The van der Waals surface area contributed by atoms with Gasteiger partial charge in [-0.3, -0.25) is 4.79 Å². The van der Waals surface area contributed by atoms with E-state index in [1.807, 2.05) is 0 Å². The van der Waals surface area contributed by atoms with Crippen LogP contribution in [-0.2, 0) is 24.3 Å².